The largest absolute Gasteiger partial charge is 0.478 e. The zero-order chi connectivity index (χ0) is 12.1. The third-order valence-corrected chi connectivity index (χ3v) is 2.47. The molecular formula is C12H18N2O2. The Balaban J connectivity index is 3.14. The highest BCUT2D eigenvalue weighted by Crippen LogP contribution is 2.23. The van der Waals surface area contributed by atoms with Crippen LogP contribution in [0.3, 0.4) is 0 Å². The number of benzene rings is 1. The number of hydrogen-bond acceptors (Lipinski definition) is 3. The number of anilines is 2. The van der Waals surface area contributed by atoms with Gasteiger partial charge in [0.1, 0.15) is 0 Å². The van der Waals surface area contributed by atoms with Gasteiger partial charge in [0.05, 0.1) is 11.3 Å². The third-order valence-electron chi connectivity index (χ3n) is 2.47. The van der Waals surface area contributed by atoms with Gasteiger partial charge < -0.3 is 15.7 Å². The first-order valence-corrected chi connectivity index (χ1v) is 5.47. The van der Waals surface area contributed by atoms with Gasteiger partial charge in [0.2, 0.25) is 0 Å². The summed E-state index contributed by atoms with van der Waals surface area (Å²) < 4.78 is 0. The fourth-order valence-electron chi connectivity index (χ4n) is 1.72. The Bertz CT molecular complexity index is 377. The maximum atomic E-state index is 11.1. The highest BCUT2D eigenvalue weighted by molar-refractivity contribution is 5.95. The minimum atomic E-state index is -0.933. The number of nitrogen functional groups attached to an aromatic ring is 1. The van der Waals surface area contributed by atoms with Crippen LogP contribution >= 0.6 is 0 Å². The van der Waals surface area contributed by atoms with E-state index in [4.69, 9.17) is 10.8 Å². The predicted molar refractivity (Wildman–Crippen MR) is 66.0 cm³/mol. The molecule has 0 bridgehead atoms. The number of carbonyl (C=O) groups is 1. The molecule has 0 spiro atoms. The number of hydrogen-bond donors (Lipinski definition) is 2. The summed E-state index contributed by atoms with van der Waals surface area (Å²) in [5.74, 6) is -0.933. The van der Waals surface area contributed by atoms with Crippen LogP contribution in [0.2, 0.25) is 0 Å². The average molecular weight is 222 g/mol. The van der Waals surface area contributed by atoms with Gasteiger partial charge >= 0.3 is 5.97 Å². The predicted octanol–water partition coefficient (Wildman–Crippen LogP) is 2.20. The molecule has 1 rings (SSSR count). The molecule has 1 aromatic carbocycles. The Kier molecular flexibility index (Phi) is 4.17. The van der Waals surface area contributed by atoms with Crippen molar-refractivity contribution in [3.63, 3.8) is 0 Å². The summed E-state index contributed by atoms with van der Waals surface area (Å²) in [4.78, 5) is 13.2. The summed E-state index contributed by atoms with van der Waals surface area (Å²) in [6.07, 6.45) is 0.983. The van der Waals surface area contributed by atoms with E-state index in [2.05, 4.69) is 6.92 Å². The summed E-state index contributed by atoms with van der Waals surface area (Å²) >= 11 is 0. The molecule has 0 aliphatic heterocycles. The molecule has 0 heterocycles. The molecule has 4 heteroatoms. The zero-order valence-corrected chi connectivity index (χ0v) is 9.73. The van der Waals surface area contributed by atoms with Crippen molar-refractivity contribution in [2.75, 3.05) is 23.7 Å². The number of nitrogens with two attached hydrogens (primary N) is 1. The smallest absolute Gasteiger partial charge is 0.337 e. The second kappa shape index (κ2) is 5.39. The first-order chi connectivity index (χ1) is 7.60. The normalized spacial score (nSPS) is 10.1. The summed E-state index contributed by atoms with van der Waals surface area (Å²) in [6.45, 7) is 5.72. The fourth-order valence-corrected chi connectivity index (χ4v) is 1.72. The maximum Gasteiger partial charge on any atom is 0.337 e. The van der Waals surface area contributed by atoms with Crippen LogP contribution in [-0.4, -0.2) is 24.2 Å². The van der Waals surface area contributed by atoms with Crippen molar-refractivity contribution in [1.29, 1.82) is 0 Å². The molecule has 16 heavy (non-hydrogen) atoms. The van der Waals surface area contributed by atoms with Crippen LogP contribution in [-0.2, 0) is 0 Å². The van der Waals surface area contributed by atoms with E-state index in [0.29, 0.717) is 5.69 Å². The van der Waals surface area contributed by atoms with Crippen LogP contribution in [0, 0.1) is 0 Å². The molecule has 0 radical (unpaired) electrons. The molecular weight excluding hydrogens is 204 g/mol. The van der Waals surface area contributed by atoms with Gasteiger partial charge in [-0.25, -0.2) is 4.79 Å². The van der Waals surface area contributed by atoms with E-state index in [1.807, 2.05) is 11.8 Å². The number of rotatable bonds is 5. The fraction of sp³-hybridized carbons (Fsp3) is 0.417. The highest BCUT2D eigenvalue weighted by atomic mass is 16.4. The lowest BCUT2D eigenvalue weighted by molar-refractivity contribution is 0.0697. The van der Waals surface area contributed by atoms with Crippen molar-refractivity contribution < 1.29 is 9.90 Å². The van der Waals surface area contributed by atoms with Gasteiger partial charge in [-0.05, 0) is 31.5 Å². The van der Waals surface area contributed by atoms with Crippen LogP contribution in [0.1, 0.15) is 30.6 Å². The Morgan fingerprint density at radius 1 is 1.44 bits per heavy atom. The van der Waals surface area contributed by atoms with Gasteiger partial charge in [-0.1, -0.05) is 6.92 Å². The lowest BCUT2D eigenvalue weighted by atomic mass is 10.1. The lowest BCUT2D eigenvalue weighted by Crippen LogP contribution is -2.25. The minimum absolute atomic E-state index is 0.273. The van der Waals surface area contributed by atoms with E-state index in [0.717, 1.165) is 25.2 Å². The number of aromatic carboxylic acids is 1. The standard InChI is InChI=1S/C12H18N2O2/c1-3-7-14(4-2)11-6-5-9(13)8-10(11)12(15)16/h5-6,8H,3-4,7,13H2,1-2H3,(H,15,16). The number of nitrogens with zero attached hydrogens (tertiary/aromatic N) is 1. The van der Waals surface area contributed by atoms with Crippen molar-refractivity contribution in [1.82, 2.24) is 0 Å². The molecule has 0 saturated carbocycles. The van der Waals surface area contributed by atoms with Gasteiger partial charge in [0, 0.05) is 18.8 Å². The molecule has 0 atom stereocenters. The Labute approximate surface area is 95.7 Å². The van der Waals surface area contributed by atoms with Crippen LogP contribution in [0.25, 0.3) is 0 Å². The van der Waals surface area contributed by atoms with E-state index in [1.165, 1.54) is 6.07 Å². The summed E-state index contributed by atoms with van der Waals surface area (Å²) in [7, 11) is 0. The number of carboxylic acids is 1. The molecule has 0 aromatic heterocycles. The van der Waals surface area contributed by atoms with Crippen molar-refractivity contribution in [2.24, 2.45) is 0 Å². The molecule has 0 aliphatic rings. The molecule has 4 nitrogen and oxygen atoms in total. The van der Waals surface area contributed by atoms with Crippen molar-refractivity contribution >= 4 is 17.3 Å². The average Bonchev–Trinajstić information content (AvgIpc) is 2.26. The van der Waals surface area contributed by atoms with Gasteiger partial charge in [0.15, 0.2) is 0 Å². The Morgan fingerprint density at radius 3 is 2.62 bits per heavy atom. The molecule has 1 aromatic rings. The van der Waals surface area contributed by atoms with E-state index in [-0.39, 0.29) is 5.56 Å². The Hall–Kier alpha value is -1.71. The third kappa shape index (κ3) is 2.66. The minimum Gasteiger partial charge on any atom is -0.478 e. The van der Waals surface area contributed by atoms with Gasteiger partial charge in [0.25, 0.3) is 0 Å². The van der Waals surface area contributed by atoms with Gasteiger partial charge in [-0.2, -0.15) is 0 Å². The molecule has 0 fully saturated rings. The van der Waals surface area contributed by atoms with Crippen LogP contribution in [0.15, 0.2) is 18.2 Å². The van der Waals surface area contributed by atoms with Crippen molar-refractivity contribution in [3.05, 3.63) is 23.8 Å². The molecule has 0 aliphatic carbocycles. The lowest BCUT2D eigenvalue weighted by Gasteiger charge is -2.24. The summed E-state index contributed by atoms with van der Waals surface area (Å²) in [6, 6.07) is 5.02. The Morgan fingerprint density at radius 2 is 2.12 bits per heavy atom. The van der Waals surface area contributed by atoms with E-state index in [9.17, 15) is 4.79 Å². The first kappa shape index (κ1) is 12.4. The monoisotopic (exact) mass is 222 g/mol. The summed E-state index contributed by atoms with van der Waals surface area (Å²) in [5, 5.41) is 9.12. The van der Waals surface area contributed by atoms with Crippen LogP contribution < -0.4 is 10.6 Å². The highest BCUT2D eigenvalue weighted by Gasteiger charge is 2.14. The van der Waals surface area contributed by atoms with Crippen molar-refractivity contribution in [3.8, 4) is 0 Å². The van der Waals surface area contributed by atoms with E-state index < -0.39 is 5.97 Å². The second-order valence-corrected chi connectivity index (χ2v) is 3.66. The molecule has 0 unspecified atom stereocenters. The van der Waals surface area contributed by atoms with Gasteiger partial charge in [-0.3, -0.25) is 0 Å². The topological polar surface area (TPSA) is 66.6 Å². The second-order valence-electron chi connectivity index (χ2n) is 3.66. The quantitative estimate of drug-likeness (QED) is 0.749. The van der Waals surface area contributed by atoms with E-state index >= 15 is 0 Å². The number of carboxylic acid groups (broad SMARTS) is 1. The molecule has 3 N–H and O–H groups in total. The summed E-state index contributed by atoms with van der Waals surface area (Å²) in [5.41, 5.74) is 7.09. The molecule has 0 saturated heterocycles. The first-order valence-electron chi connectivity index (χ1n) is 5.47. The molecule has 88 valence electrons. The van der Waals surface area contributed by atoms with Crippen LogP contribution in [0.4, 0.5) is 11.4 Å². The van der Waals surface area contributed by atoms with Crippen molar-refractivity contribution in [2.45, 2.75) is 20.3 Å². The van der Waals surface area contributed by atoms with Crippen LogP contribution in [0.5, 0.6) is 0 Å². The van der Waals surface area contributed by atoms with Gasteiger partial charge in [-0.15, -0.1) is 0 Å². The molecule has 0 amide bonds. The van der Waals surface area contributed by atoms with E-state index in [1.54, 1.807) is 12.1 Å². The SMILES string of the molecule is CCCN(CC)c1ccc(N)cc1C(=O)O. The zero-order valence-electron chi connectivity index (χ0n) is 9.73. The maximum absolute atomic E-state index is 11.1.